The summed E-state index contributed by atoms with van der Waals surface area (Å²) in [7, 11) is 0.835. The maximum atomic E-state index is 13.0. The minimum atomic E-state index is -0.833. The fraction of sp³-hybridized carbons (Fsp3) is 0.647. The highest BCUT2D eigenvalue weighted by molar-refractivity contribution is 7.86. The lowest BCUT2D eigenvalue weighted by Crippen LogP contribution is -2.35. The van der Waals surface area contributed by atoms with Crippen molar-refractivity contribution in [3.63, 3.8) is 0 Å². The molecule has 116 valence electrons. The molecule has 0 amide bonds. The third-order valence-corrected chi connectivity index (χ3v) is 7.19. The van der Waals surface area contributed by atoms with Crippen LogP contribution in [-0.2, 0) is 17.2 Å². The summed E-state index contributed by atoms with van der Waals surface area (Å²) in [5, 5.41) is 0.406. The fourth-order valence-corrected chi connectivity index (χ4v) is 5.99. The van der Waals surface area contributed by atoms with Crippen molar-refractivity contribution in [3.8, 4) is 5.75 Å². The summed E-state index contributed by atoms with van der Waals surface area (Å²) >= 11 is 0. The number of benzene rings is 1. The number of hydrogen-bond donors (Lipinski definition) is 1. The third-order valence-electron chi connectivity index (χ3n) is 5.05. The summed E-state index contributed by atoms with van der Waals surface area (Å²) in [6, 6.07) is 5.95. The summed E-state index contributed by atoms with van der Waals surface area (Å²) in [6.07, 6.45) is 5.52. The van der Waals surface area contributed by atoms with Crippen LogP contribution >= 0.6 is 0 Å². The first-order chi connectivity index (χ1) is 10.1. The summed E-state index contributed by atoms with van der Waals surface area (Å²) in [5.74, 6) is 1.54. The molecule has 0 aromatic heterocycles. The first-order valence-electron chi connectivity index (χ1n) is 7.92. The van der Waals surface area contributed by atoms with Crippen LogP contribution < -0.4 is 10.5 Å². The Hall–Kier alpha value is -0.870. The van der Waals surface area contributed by atoms with Gasteiger partial charge in [0.15, 0.2) is 0 Å². The molecule has 1 fully saturated rings. The van der Waals surface area contributed by atoms with Gasteiger partial charge in [-0.25, -0.2) is 0 Å². The Bertz CT molecular complexity index is 546. The summed E-state index contributed by atoms with van der Waals surface area (Å²) < 4.78 is 18.3. The molecule has 1 aromatic carbocycles. The van der Waals surface area contributed by atoms with Crippen LogP contribution in [0.5, 0.6) is 5.75 Å². The first kappa shape index (κ1) is 15.0. The summed E-state index contributed by atoms with van der Waals surface area (Å²) in [4.78, 5) is 0. The van der Waals surface area contributed by atoms with E-state index in [1.807, 2.05) is 12.1 Å². The van der Waals surface area contributed by atoms with E-state index < -0.39 is 10.8 Å². The Balaban J connectivity index is 1.77. The van der Waals surface area contributed by atoms with E-state index in [4.69, 9.17) is 10.5 Å². The second kappa shape index (κ2) is 6.09. The van der Waals surface area contributed by atoms with Gasteiger partial charge in [-0.3, -0.25) is 4.21 Å². The van der Waals surface area contributed by atoms with Crippen LogP contribution in [0.3, 0.4) is 0 Å². The van der Waals surface area contributed by atoms with Gasteiger partial charge in [0.1, 0.15) is 5.75 Å². The highest BCUT2D eigenvalue weighted by atomic mass is 32.2. The normalized spacial score (nSPS) is 33.5. The highest BCUT2D eigenvalue weighted by Crippen LogP contribution is 2.38. The zero-order chi connectivity index (χ0) is 15.0. The van der Waals surface area contributed by atoms with Gasteiger partial charge in [-0.05, 0) is 48.4 Å². The predicted molar refractivity (Wildman–Crippen MR) is 87.0 cm³/mol. The van der Waals surface area contributed by atoms with Gasteiger partial charge in [-0.2, -0.15) is 0 Å². The van der Waals surface area contributed by atoms with Crippen molar-refractivity contribution < 1.29 is 8.95 Å². The van der Waals surface area contributed by atoms with Crippen LogP contribution in [0.4, 0.5) is 0 Å². The van der Waals surface area contributed by atoms with Crippen LogP contribution in [0.15, 0.2) is 18.2 Å². The lowest BCUT2D eigenvalue weighted by atomic mass is 9.91. The maximum Gasteiger partial charge on any atom is 0.119 e. The van der Waals surface area contributed by atoms with Crippen LogP contribution in [0.1, 0.15) is 49.8 Å². The number of nitrogens with two attached hydrogens (primary N) is 1. The second-order valence-corrected chi connectivity index (χ2v) is 8.48. The van der Waals surface area contributed by atoms with Crippen LogP contribution in [-0.4, -0.2) is 21.8 Å². The molecule has 3 rings (SSSR count). The van der Waals surface area contributed by atoms with Gasteiger partial charge < -0.3 is 10.5 Å². The zero-order valence-corrected chi connectivity index (χ0v) is 13.7. The molecule has 2 aliphatic rings. The lowest BCUT2D eigenvalue weighted by molar-refractivity contribution is 0.387. The number of hydrogen-bond acceptors (Lipinski definition) is 3. The topological polar surface area (TPSA) is 52.3 Å². The molecule has 2 N–H and O–H groups in total. The third kappa shape index (κ3) is 2.88. The van der Waals surface area contributed by atoms with Gasteiger partial charge in [0.05, 0.1) is 12.4 Å². The molecule has 1 aromatic rings. The van der Waals surface area contributed by atoms with Gasteiger partial charge in [0, 0.05) is 22.1 Å². The predicted octanol–water partition coefficient (Wildman–Crippen LogP) is 2.95. The van der Waals surface area contributed by atoms with Crippen LogP contribution in [0.25, 0.3) is 0 Å². The molecular formula is C17H25NO2S. The van der Waals surface area contributed by atoms with E-state index in [0.717, 1.165) is 30.6 Å². The van der Waals surface area contributed by atoms with Gasteiger partial charge in [-0.15, -0.1) is 0 Å². The Kier molecular flexibility index (Phi) is 4.36. The molecule has 0 aliphatic heterocycles. The molecule has 2 aliphatic carbocycles. The zero-order valence-electron chi connectivity index (χ0n) is 12.9. The molecule has 0 spiro atoms. The molecule has 5 atom stereocenters. The summed E-state index contributed by atoms with van der Waals surface area (Å²) in [5.41, 5.74) is 8.77. The monoisotopic (exact) mass is 307 g/mol. The number of fused-ring (bicyclic) bond motifs is 1. The van der Waals surface area contributed by atoms with E-state index in [9.17, 15) is 4.21 Å². The Morgan fingerprint density at radius 2 is 2.14 bits per heavy atom. The van der Waals surface area contributed by atoms with E-state index in [1.165, 1.54) is 18.4 Å². The molecule has 0 bridgehead atoms. The van der Waals surface area contributed by atoms with Crippen molar-refractivity contribution in [1.29, 1.82) is 0 Å². The molecular weight excluding hydrogens is 282 g/mol. The van der Waals surface area contributed by atoms with Crippen molar-refractivity contribution in [2.75, 3.05) is 7.11 Å². The van der Waals surface area contributed by atoms with Crippen molar-refractivity contribution in [2.24, 2.45) is 11.7 Å². The van der Waals surface area contributed by atoms with E-state index in [1.54, 1.807) is 7.11 Å². The van der Waals surface area contributed by atoms with Gasteiger partial charge >= 0.3 is 0 Å². The second-order valence-electron chi connectivity index (χ2n) is 6.56. The molecule has 21 heavy (non-hydrogen) atoms. The number of rotatable bonds is 3. The standard InChI is InChI=1S/C17H25NO2S/c1-11-4-3-5-14(8-11)21(19)16-9-12-6-7-13(20-2)10-15(12)17(16)18/h6-7,10-11,14,16-17H,3-5,8-9,18H2,1-2H3. The Labute approximate surface area is 129 Å². The van der Waals surface area contributed by atoms with Crippen molar-refractivity contribution in [3.05, 3.63) is 29.3 Å². The van der Waals surface area contributed by atoms with E-state index in [2.05, 4.69) is 13.0 Å². The molecule has 0 radical (unpaired) electrons. The molecule has 0 saturated heterocycles. The van der Waals surface area contributed by atoms with Crippen molar-refractivity contribution >= 4 is 10.8 Å². The van der Waals surface area contributed by atoms with E-state index in [-0.39, 0.29) is 11.3 Å². The van der Waals surface area contributed by atoms with E-state index in [0.29, 0.717) is 11.2 Å². The largest absolute Gasteiger partial charge is 0.497 e. The van der Waals surface area contributed by atoms with Crippen molar-refractivity contribution in [1.82, 2.24) is 0 Å². The van der Waals surface area contributed by atoms with Gasteiger partial charge in [-0.1, -0.05) is 25.8 Å². The van der Waals surface area contributed by atoms with Crippen molar-refractivity contribution in [2.45, 2.75) is 55.6 Å². The average molecular weight is 307 g/mol. The van der Waals surface area contributed by atoms with Crippen LogP contribution in [0, 0.1) is 5.92 Å². The number of ether oxygens (including phenoxy) is 1. The molecule has 1 saturated carbocycles. The SMILES string of the molecule is COc1ccc2c(c1)C(N)C(S(=O)C1CCCC(C)C1)C2. The molecule has 5 unspecified atom stereocenters. The van der Waals surface area contributed by atoms with Gasteiger partial charge in [0.25, 0.3) is 0 Å². The van der Waals surface area contributed by atoms with Crippen LogP contribution in [0.2, 0.25) is 0 Å². The molecule has 3 nitrogen and oxygen atoms in total. The molecule has 0 heterocycles. The summed E-state index contributed by atoms with van der Waals surface area (Å²) in [6.45, 7) is 2.28. The smallest absolute Gasteiger partial charge is 0.119 e. The Morgan fingerprint density at radius 3 is 2.86 bits per heavy atom. The molecule has 4 heteroatoms. The quantitative estimate of drug-likeness (QED) is 0.934. The van der Waals surface area contributed by atoms with E-state index >= 15 is 0 Å². The highest BCUT2D eigenvalue weighted by Gasteiger charge is 2.38. The lowest BCUT2D eigenvalue weighted by Gasteiger charge is -2.29. The minimum Gasteiger partial charge on any atom is -0.497 e. The Morgan fingerprint density at radius 1 is 1.33 bits per heavy atom. The fourth-order valence-electron chi connectivity index (χ4n) is 3.80. The van der Waals surface area contributed by atoms with Gasteiger partial charge in [0.2, 0.25) is 0 Å². The maximum absolute atomic E-state index is 13.0. The number of methoxy groups -OCH3 is 1. The first-order valence-corrected chi connectivity index (χ1v) is 9.19. The minimum absolute atomic E-state index is 0.0717. The average Bonchev–Trinajstić information content (AvgIpc) is 2.83.